The smallest absolute Gasteiger partial charge is 0.329 e. The Morgan fingerprint density at radius 3 is 2.12 bits per heavy atom. The fraction of sp³-hybridized carbons (Fsp3) is 0.474. The molecular weight excluding hydrogens is 354 g/mol. The molecule has 26 heavy (non-hydrogen) atoms. The quantitative estimate of drug-likeness (QED) is 0.537. The zero-order chi connectivity index (χ0) is 19.5. The second-order valence-electron chi connectivity index (χ2n) is 7.10. The topological polar surface area (TPSA) is 80.8 Å². The molecule has 0 N–H and O–H groups in total. The monoisotopic (exact) mass is 377 g/mol. The molecule has 1 heterocycles. The standard InChI is InChI=1S/C19H23NO5S/c1-19(2,3)15(21)11-25-18(24)14(9-10-26-4)20-16(22)12-7-5-6-8-13(12)17(20)23/h5-8,14H,9-11H2,1-4H3. The van der Waals surface area contributed by atoms with Gasteiger partial charge in [-0.2, -0.15) is 11.8 Å². The molecule has 0 spiro atoms. The third-order valence-corrected chi connectivity index (χ3v) is 4.83. The van der Waals surface area contributed by atoms with Crippen molar-refractivity contribution in [1.29, 1.82) is 0 Å². The Hall–Kier alpha value is -2.15. The van der Waals surface area contributed by atoms with Gasteiger partial charge in [0.2, 0.25) is 0 Å². The third kappa shape index (κ3) is 4.15. The van der Waals surface area contributed by atoms with Crippen molar-refractivity contribution in [2.75, 3.05) is 18.6 Å². The molecule has 0 fully saturated rings. The third-order valence-electron chi connectivity index (χ3n) is 4.19. The Balaban J connectivity index is 2.20. The normalized spacial score (nSPS) is 15.0. The van der Waals surface area contributed by atoms with Crippen LogP contribution in [0.1, 0.15) is 47.9 Å². The average Bonchev–Trinajstić information content (AvgIpc) is 2.84. The molecule has 6 nitrogen and oxygen atoms in total. The highest BCUT2D eigenvalue weighted by Gasteiger charge is 2.43. The van der Waals surface area contributed by atoms with Crippen molar-refractivity contribution < 1.29 is 23.9 Å². The van der Waals surface area contributed by atoms with Crippen LogP contribution >= 0.6 is 11.8 Å². The number of amides is 2. The maximum absolute atomic E-state index is 12.6. The number of Topliss-reactive ketones (excluding diaryl/α,β-unsaturated/α-hetero) is 1. The molecule has 1 aliphatic heterocycles. The van der Waals surface area contributed by atoms with Crippen LogP contribution in [0, 0.1) is 5.41 Å². The summed E-state index contributed by atoms with van der Waals surface area (Å²) < 4.78 is 5.15. The van der Waals surface area contributed by atoms with E-state index in [1.807, 2.05) is 6.26 Å². The average molecular weight is 377 g/mol. The fourth-order valence-corrected chi connectivity index (χ4v) is 2.98. The molecular formula is C19H23NO5S. The number of nitrogens with zero attached hydrogens (tertiary/aromatic N) is 1. The molecule has 1 unspecified atom stereocenters. The predicted molar refractivity (Wildman–Crippen MR) is 99.2 cm³/mol. The summed E-state index contributed by atoms with van der Waals surface area (Å²) in [6, 6.07) is 5.43. The number of rotatable bonds is 7. The number of imide groups is 1. The van der Waals surface area contributed by atoms with Crippen molar-refractivity contribution in [2.45, 2.75) is 33.2 Å². The number of hydrogen-bond acceptors (Lipinski definition) is 6. The van der Waals surface area contributed by atoms with Gasteiger partial charge in [-0.25, -0.2) is 4.79 Å². The summed E-state index contributed by atoms with van der Waals surface area (Å²) in [7, 11) is 0. The molecule has 1 aromatic carbocycles. The van der Waals surface area contributed by atoms with Crippen molar-refractivity contribution in [3.63, 3.8) is 0 Å². The Bertz CT molecular complexity index is 703. The van der Waals surface area contributed by atoms with E-state index < -0.39 is 29.2 Å². The highest BCUT2D eigenvalue weighted by molar-refractivity contribution is 7.98. The molecule has 1 aromatic rings. The van der Waals surface area contributed by atoms with Crippen molar-refractivity contribution in [3.05, 3.63) is 35.4 Å². The van der Waals surface area contributed by atoms with Gasteiger partial charge in [-0.1, -0.05) is 32.9 Å². The molecule has 0 radical (unpaired) electrons. The fourth-order valence-electron chi connectivity index (χ4n) is 2.52. The summed E-state index contributed by atoms with van der Waals surface area (Å²) in [6.07, 6.45) is 2.14. The minimum absolute atomic E-state index is 0.225. The van der Waals surface area contributed by atoms with Crippen LogP contribution in [0.25, 0.3) is 0 Å². The van der Waals surface area contributed by atoms with Crippen molar-refractivity contribution in [1.82, 2.24) is 4.90 Å². The summed E-state index contributed by atoms with van der Waals surface area (Å²) in [4.78, 5) is 50.8. The first-order chi connectivity index (χ1) is 12.2. The van der Waals surface area contributed by atoms with E-state index in [2.05, 4.69) is 0 Å². The summed E-state index contributed by atoms with van der Waals surface area (Å²) in [6.45, 7) is 4.83. The van der Waals surface area contributed by atoms with Gasteiger partial charge < -0.3 is 4.74 Å². The van der Waals surface area contributed by atoms with E-state index in [1.165, 1.54) is 11.8 Å². The van der Waals surface area contributed by atoms with E-state index in [4.69, 9.17) is 4.74 Å². The Labute approximate surface area is 157 Å². The number of esters is 1. The van der Waals surface area contributed by atoms with Crippen LogP contribution in [0.15, 0.2) is 24.3 Å². The van der Waals surface area contributed by atoms with Crippen LogP contribution in [0.5, 0.6) is 0 Å². The molecule has 0 aliphatic carbocycles. The van der Waals surface area contributed by atoms with E-state index in [1.54, 1.807) is 45.0 Å². The minimum Gasteiger partial charge on any atom is -0.456 e. The summed E-state index contributed by atoms with van der Waals surface area (Å²) >= 11 is 1.50. The number of ether oxygens (including phenoxy) is 1. The Kier molecular flexibility index (Phi) is 6.23. The van der Waals surface area contributed by atoms with Crippen LogP contribution in [0.2, 0.25) is 0 Å². The van der Waals surface area contributed by atoms with E-state index in [0.717, 1.165) is 4.90 Å². The number of carbonyl (C=O) groups excluding carboxylic acids is 4. The first kappa shape index (κ1) is 20.2. The molecule has 1 aliphatic rings. The van der Waals surface area contributed by atoms with Crippen molar-refractivity contribution >= 4 is 35.3 Å². The van der Waals surface area contributed by atoms with Crippen molar-refractivity contribution in [2.24, 2.45) is 5.41 Å². The van der Waals surface area contributed by atoms with Crippen molar-refractivity contribution in [3.8, 4) is 0 Å². The Morgan fingerprint density at radius 2 is 1.65 bits per heavy atom. The van der Waals surface area contributed by atoms with Gasteiger partial charge in [0.25, 0.3) is 11.8 Å². The number of ketones is 1. The predicted octanol–water partition coefficient (Wildman–Crippen LogP) is 2.56. The number of thioether (sulfide) groups is 1. The second-order valence-corrected chi connectivity index (χ2v) is 8.09. The molecule has 140 valence electrons. The first-order valence-electron chi connectivity index (χ1n) is 8.34. The molecule has 2 amide bonds. The lowest BCUT2D eigenvalue weighted by Crippen LogP contribution is -2.46. The molecule has 1 atom stereocenters. The highest BCUT2D eigenvalue weighted by atomic mass is 32.2. The van der Waals surface area contributed by atoms with Crippen LogP contribution in [-0.2, 0) is 14.3 Å². The number of hydrogen-bond donors (Lipinski definition) is 0. The van der Waals surface area contributed by atoms with Crippen LogP contribution in [0.4, 0.5) is 0 Å². The minimum atomic E-state index is -1.04. The summed E-state index contributed by atoms with van der Waals surface area (Å²) in [5.41, 5.74) is -0.0691. The van der Waals surface area contributed by atoms with Gasteiger partial charge in [0.1, 0.15) is 6.04 Å². The SMILES string of the molecule is CSCCC(C(=O)OCC(=O)C(C)(C)C)N1C(=O)c2ccccc2C1=O. The second kappa shape index (κ2) is 8.03. The Morgan fingerprint density at radius 1 is 1.12 bits per heavy atom. The summed E-state index contributed by atoms with van der Waals surface area (Å²) in [5, 5.41) is 0. The zero-order valence-corrected chi connectivity index (χ0v) is 16.2. The maximum atomic E-state index is 12.6. The lowest BCUT2D eigenvalue weighted by Gasteiger charge is -2.25. The first-order valence-corrected chi connectivity index (χ1v) is 9.73. The van der Waals surface area contributed by atoms with Gasteiger partial charge in [-0.3, -0.25) is 19.3 Å². The lowest BCUT2D eigenvalue weighted by atomic mass is 9.91. The lowest BCUT2D eigenvalue weighted by molar-refractivity contribution is -0.153. The van der Waals surface area contributed by atoms with E-state index in [9.17, 15) is 19.2 Å². The molecule has 2 rings (SSSR count). The molecule has 0 saturated heterocycles. The molecule has 7 heteroatoms. The van der Waals surface area contributed by atoms with Crippen LogP contribution in [-0.4, -0.2) is 53.1 Å². The van der Waals surface area contributed by atoms with E-state index in [0.29, 0.717) is 5.75 Å². The largest absolute Gasteiger partial charge is 0.456 e. The van der Waals surface area contributed by atoms with Gasteiger partial charge >= 0.3 is 5.97 Å². The van der Waals surface area contributed by atoms with E-state index >= 15 is 0 Å². The maximum Gasteiger partial charge on any atom is 0.329 e. The van der Waals surface area contributed by atoms with Crippen LogP contribution < -0.4 is 0 Å². The van der Waals surface area contributed by atoms with Gasteiger partial charge in [-0.05, 0) is 30.6 Å². The molecule has 0 saturated carbocycles. The van der Waals surface area contributed by atoms with Gasteiger partial charge in [0.15, 0.2) is 12.4 Å². The highest BCUT2D eigenvalue weighted by Crippen LogP contribution is 2.26. The number of benzene rings is 1. The molecule has 0 aromatic heterocycles. The van der Waals surface area contributed by atoms with Gasteiger partial charge in [0, 0.05) is 5.41 Å². The van der Waals surface area contributed by atoms with Gasteiger partial charge in [0.05, 0.1) is 11.1 Å². The number of carbonyl (C=O) groups is 4. The van der Waals surface area contributed by atoms with E-state index in [-0.39, 0.29) is 29.9 Å². The van der Waals surface area contributed by atoms with Crippen LogP contribution in [0.3, 0.4) is 0 Å². The van der Waals surface area contributed by atoms with Gasteiger partial charge in [-0.15, -0.1) is 0 Å². The summed E-state index contributed by atoms with van der Waals surface area (Å²) in [5.74, 6) is -1.39. The zero-order valence-electron chi connectivity index (χ0n) is 15.4. The number of fused-ring (bicyclic) bond motifs is 1. The molecule has 0 bridgehead atoms.